The molecular weight excluding hydrogens is 162 g/mol. The fourth-order valence-corrected chi connectivity index (χ4v) is 1.24. The van der Waals surface area contributed by atoms with Crippen LogP contribution in [0, 0.1) is 12.8 Å². The molecule has 0 aliphatic heterocycles. The van der Waals surface area contributed by atoms with Crippen LogP contribution in [0.3, 0.4) is 0 Å². The van der Waals surface area contributed by atoms with Gasteiger partial charge in [-0.2, -0.15) is 0 Å². The molecule has 2 heteroatoms. The van der Waals surface area contributed by atoms with E-state index in [1.54, 1.807) is 0 Å². The molecule has 0 aromatic heterocycles. The Balaban J connectivity index is 1.98. The minimum Gasteiger partial charge on any atom is -0.493 e. The maximum atomic E-state index is 5.70. The first kappa shape index (κ1) is 8.42. The molecule has 2 N–H and O–H groups in total. The first-order valence-electron chi connectivity index (χ1n) is 4.74. The van der Waals surface area contributed by atoms with Crippen LogP contribution in [-0.2, 0) is 0 Å². The largest absolute Gasteiger partial charge is 0.493 e. The van der Waals surface area contributed by atoms with Crippen molar-refractivity contribution < 1.29 is 4.74 Å². The Morgan fingerprint density at radius 2 is 2.23 bits per heavy atom. The van der Waals surface area contributed by atoms with Gasteiger partial charge < -0.3 is 10.5 Å². The lowest BCUT2D eigenvalue weighted by atomic mass is 10.2. The summed E-state index contributed by atoms with van der Waals surface area (Å²) in [5, 5.41) is 0. The van der Waals surface area contributed by atoms with Gasteiger partial charge in [0.2, 0.25) is 0 Å². The molecule has 0 bridgehead atoms. The van der Waals surface area contributed by atoms with Gasteiger partial charge in [-0.05, 0) is 49.4 Å². The molecule has 2 nitrogen and oxygen atoms in total. The van der Waals surface area contributed by atoms with Gasteiger partial charge >= 0.3 is 0 Å². The summed E-state index contributed by atoms with van der Waals surface area (Å²) in [5.41, 5.74) is 7.62. The molecule has 0 heterocycles. The van der Waals surface area contributed by atoms with Gasteiger partial charge in [-0.3, -0.25) is 0 Å². The first-order valence-corrected chi connectivity index (χ1v) is 4.74. The van der Waals surface area contributed by atoms with Crippen LogP contribution in [0.2, 0.25) is 0 Å². The quantitative estimate of drug-likeness (QED) is 0.719. The number of aryl methyl sites for hydroxylation is 1. The summed E-state index contributed by atoms with van der Waals surface area (Å²) in [6.07, 6.45) is 2.65. The molecule has 0 unspecified atom stereocenters. The number of hydrogen-bond donors (Lipinski definition) is 1. The fourth-order valence-electron chi connectivity index (χ4n) is 1.24. The Hall–Kier alpha value is -1.18. The highest BCUT2D eigenvalue weighted by atomic mass is 16.5. The van der Waals surface area contributed by atoms with Crippen LogP contribution in [0.5, 0.6) is 5.75 Å². The van der Waals surface area contributed by atoms with Crippen molar-refractivity contribution in [3.05, 3.63) is 23.8 Å². The van der Waals surface area contributed by atoms with Gasteiger partial charge in [-0.15, -0.1) is 0 Å². The highest BCUT2D eigenvalue weighted by Gasteiger charge is 2.21. The number of nitrogen functional groups attached to an aromatic ring is 1. The smallest absolute Gasteiger partial charge is 0.119 e. The summed E-state index contributed by atoms with van der Waals surface area (Å²) < 4.78 is 5.61. The molecule has 2 rings (SSSR count). The maximum Gasteiger partial charge on any atom is 0.119 e. The molecule has 1 aromatic carbocycles. The third kappa shape index (κ3) is 2.14. The Morgan fingerprint density at radius 3 is 2.85 bits per heavy atom. The molecular formula is C11H15NO. The van der Waals surface area contributed by atoms with Gasteiger partial charge in [0.25, 0.3) is 0 Å². The van der Waals surface area contributed by atoms with Crippen molar-refractivity contribution in [1.29, 1.82) is 0 Å². The van der Waals surface area contributed by atoms with E-state index in [0.29, 0.717) is 0 Å². The van der Waals surface area contributed by atoms with Crippen LogP contribution >= 0.6 is 0 Å². The lowest BCUT2D eigenvalue weighted by Gasteiger charge is -2.06. The van der Waals surface area contributed by atoms with Gasteiger partial charge in [0.15, 0.2) is 0 Å². The highest BCUT2D eigenvalue weighted by molar-refractivity contribution is 5.49. The number of hydrogen-bond acceptors (Lipinski definition) is 2. The van der Waals surface area contributed by atoms with E-state index in [4.69, 9.17) is 10.5 Å². The fraction of sp³-hybridized carbons (Fsp3) is 0.455. The predicted molar refractivity (Wildman–Crippen MR) is 53.8 cm³/mol. The Morgan fingerprint density at radius 1 is 1.46 bits per heavy atom. The molecule has 13 heavy (non-hydrogen) atoms. The zero-order chi connectivity index (χ0) is 9.26. The van der Waals surface area contributed by atoms with Crippen LogP contribution in [0.15, 0.2) is 18.2 Å². The average molecular weight is 177 g/mol. The number of ether oxygens (including phenoxy) is 1. The molecule has 1 saturated carbocycles. The van der Waals surface area contributed by atoms with Crippen molar-refractivity contribution in [2.45, 2.75) is 19.8 Å². The van der Waals surface area contributed by atoms with E-state index in [9.17, 15) is 0 Å². The van der Waals surface area contributed by atoms with Crippen molar-refractivity contribution in [2.75, 3.05) is 12.3 Å². The second-order valence-electron chi connectivity index (χ2n) is 3.77. The molecule has 0 spiro atoms. The lowest BCUT2D eigenvalue weighted by molar-refractivity contribution is 0.299. The summed E-state index contributed by atoms with van der Waals surface area (Å²) >= 11 is 0. The number of anilines is 1. The van der Waals surface area contributed by atoms with Crippen molar-refractivity contribution in [2.24, 2.45) is 5.92 Å². The van der Waals surface area contributed by atoms with Crippen LogP contribution in [0.25, 0.3) is 0 Å². The maximum absolute atomic E-state index is 5.70. The molecule has 0 atom stereocenters. The second-order valence-corrected chi connectivity index (χ2v) is 3.77. The molecule has 0 radical (unpaired) electrons. The van der Waals surface area contributed by atoms with E-state index >= 15 is 0 Å². The minimum absolute atomic E-state index is 0.804. The van der Waals surface area contributed by atoms with E-state index in [0.717, 1.165) is 29.5 Å². The third-order valence-corrected chi connectivity index (χ3v) is 2.42. The standard InChI is InChI=1S/C11H15NO/c1-8-6-10(4-5-11(8)12)13-7-9-2-3-9/h4-6,9H,2-3,7,12H2,1H3. The number of rotatable bonds is 3. The van der Waals surface area contributed by atoms with Crippen molar-refractivity contribution in [3.8, 4) is 5.75 Å². The first-order chi connectivity index (χ1) is 6.25. The van der Waals surface area contributed by atoms with E-state index in [1.165, 1.54) is 12.8 Å². The van der Waals surface area contributed by atoms with Crippen LogP contribution in [0.4, 0.5) is 5.69 Å². The van der Waals surface area contributed by atoms with Crippen molar-refractivity contribution in [1.82, 2.24) is 0 Å². The predicted octanol–water partition coefficient (Wildman–Crippen LogP) is 2.37. The molecule has 1 aromatic rings. The lowest BCUT2D eigenvalue weighted by Crippen LogP contribution is -1.99. The average Bonchev–Trinajstić information content (AvgIpc) is 2.91. The monoisotopic (exact) mass is 177 g/mol. The van der Waals surface area contributed by atoms with Crippen molar-refractivity contribution in [3.63, 3.8) is 0 Å². The van der Waals surface area contributed by atoms with E-state index in [-0.39, 0.29) is 0 Å². The van der Waals surface area contributed by atoms with Crippen LogP contribution in [0.1, 0.15) is 18.4 Å². The number of nitrogens with two attached hydrogens (primary N) is 1. The molecule has 0 amide bonds. The van der Waals surface area contributed by atoms with Crippen LogP contribution in [-0.4, -0.2) is 6.61 Å². The summed E-state index contributed by atoms with van der Waals surface area (Å²) in [7, 11) is 0. The molecule has 1 fully saturated rings. The van der Waals surface area contributed by atoms with Gasteiger partial charge in [0.1, 0.15) is 5.75 Å². The molecule has 1 aliphatic rings. The molecule has 0 saturated heterocycles. The zero-order valence-electron chi connectivity index (χ0n) is 7.92. The van der Waals surface area contributed by atoms with Gasteiger partial charge in [0, 0.05) is 5.69 Å². The van der Waals surface area contributed by atoms with E-state index < -0.39 is 0 Å². The molecule has 1 aliphatic carbocycles. The van der Waals surface area contributed by atoms with E-state index in [2.05, 4.69) is 0 Å². The minimum atomic E-state index is 0.804. The SMILES string of the molecule is Cc1cc(OCC2CC2)ccc1N. The van der Waals surface area contributed by atoms with Gasteiger partial charge in [-0.25, -0.2) is 0 Å². The second kappa shape index (κ2) is 3.29. The Bertz CT molecular complexity index is 305. The zero-order valence-corrected chi connectivity index (χ0v) is 7.92. The Kier molecular flexibility index (Phi) is 2.13. The normalized spacial score (nSPS) is 15.8. The summed E-state index contributed by atoms with van der Waals surface area (Å²) in [5.74, 6) is 1.75. The van der Waals surface area contributed by atoms with Gasteiger partial charge in [-0.1, -0.05) is 0 Å². The van der Waals surface area contributed by atoms with Gasteiger partial charge in [0.05, 0.1) is 6.61 Å². The summed E-state index contributed by atoms with van der Waals surface area (Å²) in [6, 6.07) is 5.83. The summed E-state index contributed by atoms with van der Waals surface area (Å²) in [6.45, 7) is 2.86. The van der Waals surface area contributed by atoms with Crippen molar-refractivity contribution >= 4 is 5.69 Å². The third-order valence-electron chi connectivity index (χ3n) is 2.42. The Labute approximate surface area is 78.7 Å². The highest BCUT2D eigenvalue weighted by Crippen LogP contribution is 2.30. The van der Waals surface area contributed by atoms with E-state index in [1.807, 2.05) is 25.1 Å². The topological polar surface area (TPSA) is 35.2 Å². The summed E-state index contributed by atoms with van der Waals surface area (Å²) in [4.78, 5) is 0. The number of benzene rings is 1. The molecule has 70 valence electrons. The van der Waals surface area contributed by atoms with Crippen LogP contribution < -0.4 is 10.5 Å².